The van der Waals surface area contributed by atoms with E-state index in [-0.39, 0.29) is 97.7 Å². The summed E-state index contributed by atoms with van der Waals surface area (Å²) >= 11 is 12.6. The Morgan fingerprint density at radius 1 is 0.519 bits per heavy atom. The summed E-state index contributed by atoms with van der Waals surface area (Å²) < 4.78 is 56.9. The molecule has 0 aromatic heterocycles. The van der Waals surface area contributed by atoms with Crippen LogP contribution in [-0.4, -0.2) is 107 Å². The molecule has 4 aromatic carbocycles. The van der Waals surface area contributed by atoms with Gasteiger partial charge in [-0.3, -0.25) is 29.0 Å². The molecule has 0 saturated carbocycles. The summed E-state index contributed by atoms with van der Waals surface area (Å²) in [6, 6.07) is 18.6. The number of carbonyl (C=O) groups is 4. The molecule has 4 aliphatic heterocycles. The standard InChI is InChI=1S/2C30H38ClF2N3O2.2CH4.ClH/c2*1-18(34-19(2)37)25-14-21(31)6-8-23(25)20-10-12-35(13-11-20)29(38)27-17-36(30(3,4)5)16-26(27)24-9-7-22(32)15-28(24)33;;;/h2*6-9,14-15,18,20,26-27H,10-13,16-17H2,1-5H3,(H,34,37);2*1H4;1H/t2*18-,26-,27?;;;/m00.../s1. The minimum Gasteiger partial charge on any atom is -0.350 e. The SMILES string of the molecule is C.C.CC(=O)N[C@@H](C)c1cc(Cl)ccc1C1CCN(C(=O)C2CN(C(C)(C)C)C[C@H]2c2ccc(F)cc2F)CC1.CC(=O)N[C@@H](C)c1cc(Cl)ccc1C1CCN(C(=O)C2CN(C(C)(C)C)C[C@H]2c2ccc(F)cc2F)CC1.Cl. The van der Waals surface area contributed by atoms with Crippen LogP contribution in [0.15, 0.2) is 72.8 Å². The van der Waals surface area contributed by atoms with Crippen LogP contribution < -0.4 is 10.6 Å². The van der Waals surface area contributed by atoms with Crippen LogP contribution in [-0.2, 0) is 19.2 Å². The highest BCUT2D eigenvalue weighted by Gasteiger charge is 2.47. The second kappa shape index (κ2) is 27.8. The van der Waals surface area contributed by atoms with Crippen molar-refractivity contribution in [2.75, 3.05) is 52.4 Å². The van der Waals surface area contributed by atoms with Crippen molar-refractivity contribution in [2.24, 2.45) is 11.8 Å². The van der Waals surface area contributed by atoms with Gasteiger partial charge in [0.15, 0.2) is 0 Å². The van der Waals surface area contributed by atoms with Crippen molar-refractivity contribution in [3.8, 4) is 0 Å². The number of amides is 4. The molecule has 0 spiro atoms. The number of benzene rings is 4. The maximum Gasteiger partial charge on any atom is 0.227 e. The van der Waals surface area contributed by atoms with Crippen LogP contribution in [0.3, 0.4) is 0 Å². The van der Waals surface area contributed by atoms with E-state index in [1.165, 1.54) is 38.1 Å². The van der Waals surface area contributed by atoms with Gasteiger partial charge in [0.1, 0.15) is 23.3 Å². The molecule has 2 unspecified atom stereocenters. The van der Waals surface area contributed by atoms with Crippen molar-refractivity contribution in [2.45, 2.75) is 157 Å². The lowest BCUT2D eigenvalue weighted by atomic mass is 9.83. The van der Waals surface area contributed by atoms with Crippen molar-refractivity contribution in [1.29, 1.82) is 0 Å². The molecule has 4 aliphatic rings. The first-order chi connectivity index (χ1) is 35.7. The molecule has 17 heteroatoms. The number of piperidine rings is 2. The maximum atomic E-state index is 14.8. The highest BCUT2D eigenvalue weighted by Crippen LogP contribution is 2.43. The summed E-state index contributed by atoms with van der Waals surface area (Å²) in [5.74, 6) is -3.52. The molecule has 4 amide bonds. The number of likely N-dealkylation sites (tertiary alicyclic amines) is 4. The third kappa shape index (κ3) is 16.3. The summed E-state index contributed by atoms with van der Waals surface area (Å²) in [5, 5.41) is 7.15. The molecule has 4 saturated heterocycles. The number of halogens is 7. The zero-order valence-electron chi connectivity index (χ0n) is 46.1. The summed E-state index contributed by atoms with van der Waals surface area (Å²) in [5.41, 5.74) is 4.76. The molecular weight excluding hydrogens is 1080 g/mol. The van der Waals surface area contributed by atoms with Gasteiger partial charge in [0.25, 0.3) is 0 Å². The third-order valence-corrected chi connectivity index (χ3v) is 16.7. The van der Waals surface area contributed by atoms with Gasteiger partial charge in [0.2, 0.25) is 23.6 Å². The summed E-state index contributed by atoms with van der Waals surface area (Å²) in [4.78, 5) is 59.3. The van der Waals surface area contributed by atoms with Crippen LogP contribution in [0.2, 0.25) is 10.0 Å². The molecule has 2 N–H and O–H groups in total. The van der Waals surface area contributed by atoms with Crippen molar-refractivity contribution >= 4 is 59.2 Å². The van der Waals surface area contributed by atoms with Crippen LogP contribution in [0, 0.1) is 35.1 Å². The van der Waals surface area contributed by atoms with Gasteiger partial charge in [-0.1, -0.05) is 62.3 Å². The molecule has 0 radical (unpaired) electrons. The smallest absolute Gasteiger partial charge is 0.227 e. The first kappa shape index (κ1) is 66.8. The summed E-state index contributed by atoms with van der Waals surface area (Å²) in [7, 11) is 0. The van der Waals surface area contributed by atoms with Gasteiger partial charge in [-0.15, -0.1) is 12.4 Å². The zero-order valence-corrected chi connectivity index (χ0v) is 48.5. The first-order valence-electron chi connectivity index (χ1n) is 26.8. The second-order valence-corrected chi connectivity index (χ2v) is 24.4. The number of hydrogen-bond acceptors (Lipinski definition) is 6. The Bertz CT molecular complexity index is 2570. The number of nitrogens with one attached hydrogen (secondary N) is 2. The second-order valence-electron chi connectivity index (χ2n) is 23.5. The maximum absolute atomic E-state index is 14.8. The molecule has 8 rings (SSSR count). The van der Waals surface area contributed by atoms with Crippen LogP contribution >= 0.6 is 35.6 Å². The predicted molar refractivity (Wildman–Crippen MR) is 313 cm³/mol. The topological polar surface area (TPSA) is 105 Å². The molecule has 0 bridgehead atoms. The fourth-order valence-corrected chi connectivity index (χ4v) is 12.4. The van der Waals surface area contributed by atoms with Gasteiger partial charge >= 0.3 is 0 Å². The lowest BCUT2D eigenvalue weighted by molar-refractivity contribution is -0.137. The highest BCUT2D eigenvalue weighted by molar-refractivity contribution is 6.31. The Balaban J connectivity index is 0.000000328. The average Bonchev–Trinajstić information content (AvgIpc) is 4.12. The van der Waals surface area contributed by atoms with Gasteiger partial charge in [-0.05, 0) is 163 Å². The molecule has 6 atom stereocenters. The molecule has 4 heterocycles. The molecule has 0 aliphatic carbocycles. The fourth-order valence-electron chi connectivity index (χ4n) is 12.1. The Morgan fingerprint density at radius 2 is 0.835 bits per heavy atom. The number of rotatable bonds is 10. The number of hydrogen-bond donors (Lipinski definition) is 2. The van der Waals surface area contributed by atoms with E-state index in [1.54, 1.807) is 0 Å². The first-order valence-corrected chi connectivity index (χ1v) is 27.6. The Hall–Kier alpha value is -4.73. The molecule has 79 heavy (non-hydrogen) atoms. The molecule has 10 nitrogen and oxygen atoms in total. The Labute approximate surface area is 484 Å². The van der Waals surface area contributed by atoms with E-state index in [4.69, 9.17) is 23.2 Å². The van der Waals surface area contributed by atoms with E-state index < -0.39 is 35.1 Å². The van der Waals surface area contributed by atoms with Crippen LogP contribution in [0.25, 0.3) is 0 Å². The summed E-state index contributed by atoms with van der Waals surface area (Å²) in [6.07, 6.45) is 3.16. The lowest BCUT2D eigenvalue weighted by Crippen LogP contribution is -2.44. The third-order valence-electron chi connectivity index (χ3n) is 16.3. The molecule has 4 aromatic rings. The number of nitrogens with zero attached hydrogens (tertiary/aromatic N) is 4. The highest BCUT2D eigenvalue weighted by atomic mass is 35.5. The van der Waals surface area contributed by atoms with E-state index in [1.807, 2.05) is 60.0 Å². The van der Waals surface area contributed by atoms with Gasteiger partial charge in [0.05, 0.1) is 23.9 Å². The molecular formula is C62H85Cl3F4N6O4. The lowest BCUT2D eigenvalue weighted by Gasteiger charge is -2.36. The normalized spacial score (nSPS) is 21.1. The molecule has 436 valence electrons. The van der Waals surface area contributed by atoms with Crippen molar-refractivity contribution in [3.05, 3.63) is 139 Å². The minimum absolute atomic E-state index is 0. The van der Waals surface area contributed by atoms with Crippen molar-refractivity contribution in [3.63, 3.8) is 0 Å². The van der Waals surface area contributed by atoms with Crippen LogP contribution in [0.1, 0.15) is 179 Å². The zero-order chi connectivity index (χ0) is 55.6. The van der Waals surface area contributed by atoms with Crippen molar-refractivity contribution < 1.29 is 36.7 Å². The van der Waals surface area contributed by atoms with E-state index in [2.05, 4.69) is 62.0 Å². The largest absolute Gasteiger partial charge is 0.350 e. The van der Waals surface area contributed by atoms with Gasteiger partial charge in [-0.2, -0.15) is 0 Å². The quantitative estimate of drug-likeness (QED) is 0.153. The van der Waals surface area contributed by atoms with Crippen LogP contribution in [0.4, 0.5) is 17.6 Å². The number of carbonyl (C=O) groups excluding carboxylic acids is 4. The van der Waals surface area contributed by atoms with E-state index in [9.17, 15) is 36.7 Å². The van der Waals surface area contributed by atoms with Gasteiger partial charge in [0, 0.05) is 111 Å². The fraction of sp³-hybridized carbons (Fsp3) is 0.548. The summed E-state index contributed by atoms with van der Waals surface area (Å²) in [6.45, 7) is 24.0. The van der Waals surface area contributed by atoms with Gasteiger partial charge in [-0.25, -0.2) is 17.6 Å². The molecule has 4 fully saturated rings. The van der Waals surface area contributed by atoms with Crippen molar-refractivity contribution in [1.82, 2.24) is 30.2 Å². The van der Waals surface area contributed by atoms with E-state index >= 15 is 0 Å². The van der Waals surface area contributed by atoms with Crippen LogP contribution in [0.5, 0.6) is 0 Å². The predicted octanol–water partition coefficient (Wildman–Crippen LogP) is 13.8. The van der Waals surface area contributed by atoms with E-state index in [0.717, 1.165) is 60.1 Å². The average molecular weight is 1160 g/mol. The Kier molecular flexibility index (Phi) is 23.5. The van der Waals surface area contributed by atoms with E-state index in [0.29, 0.717) is 73.5 Å². The minimum atomic E-state index is -0.615. The Morgan fingerprint density at radius 3 is 1.13 bits per heavy atom. The van der Waals surface area contributed by atoms with Gasteiger partial charge < -0.3 is 20.4 Å². The monoisotopic (exact) mass is 1160 g/mol.